The van der Waals surface area contributed by atoms with Crippen LogP contribution >= 0.6 is 23.4 Å². The molecule has 9 N–H and O–H groups in total. The molecule has 6 atom stereocenters. The number of ether oxygens (including phenoxy) is 1. The van der Waals surface area contributed by atoms with E-state index in [9.17, 15) is 38.3 Å². The van der Waals surface area contributed by atoms with Crippen LogP contribution in [-0.4, -0.2) is 61.2 Å². The highest BCUT2D eigenvalue weighted by atomic mass is 31.3. The molecule has 3 unspecified atom stereocenters. The minimum absolute atomic E-state index is 0.0242. The van der Waals surface area contributed by atoms with Crippen LogP contribution < -0.4 is 22.2 Å². The van der Waals surface area contributed by atoms with Crippen LogP contribution in [0.15, 0.2) is 17.1 Å². The zero-order chi connectivity index (χ0) is 26.3. The number of phosphoric ester groups is 1. The summed E-state index contributed by atoms with van der Waals surface area (Å²) < 4.78 is 55.1. The van der Waals surface area contributed by atoms with Crippen molar-refractivity contribution in [2.45, 2.75) is 50.5 Å². The van der Waals surface area contributed by atoms with Gasteiger partial charge < -0.3 is 36.0 Å². The Morgan fingerprint density at radius 3 is 2.49 bits per heavy atom. The lowest BCUT2D eigenvalue weighted by Gasteiger charge is -2.20. The predicted molar refractivity (Wildman–Crippen MR) is 121 cm³/mol. The van der Waals surface area contributed by atoms with Crippen molar-refractivity contribution in [2.75, 3.05) is 25.4 Å². The van der Waals surface area contributed by atoms with Crippen molar-refractivity contribution in [3.8, 4) is 0 Å². The summed E-state index contributed by atoms with van der Waals surface area (Å²) in [5, 5.41) is 12.1. The molecule has 2 rings (SSSR count). The van der Waals surface area contributed by atoms with E-state index in [2.05, 4.69) is 18.1 Å². The van der Waals surface area contributed by atoms with Gasteiger partial charge in [0.1, 0.15) is 18.1 Å². The number of aliphatic hydroxyl groups is 1. The Kier molecular flexibility index (Phi) is 11.2. The summed E-state index contributed by atoms with van der Waals surface area (Å²) in [7, 11) is -15.7. The van der Waals surface area contributed by atoms with Gasteiger partial charge in [0.2, 0.25) is 0 Å². The minimum Gasteiger partial charge on any atom is -0.390 e. The fraction of sp³-hybridized carbons (Fsp3) is 0.733. The Balaban J connectivity index is 1.85. The molecule has 1 aromatic rings. The van der Waals surface area contributed by atoms with E-state index < -0.39 is 54.1 Å². The number of hydrogen-bond acceptors (Lipinski definition) is 12. The maximum Gasteiger partial charge on any atom is 0.489 e. The third kappa shape index (κ3) is 10.5. The van der Waals surface area contributed by atoms with Gasteiger partial charge in [-0.1, -0.05) is 12.8 Å². The van der Waals surface area contributed by atoms with Gasteiger partial charge in [-0.2, -0.15) is 13.6 Å². The smallest absolute Gasteiger partial charge is 0.390 e. The largest absolute Gasteiger partial charge is 0.489 e. The second-order valence-corrected chi connectivity index (χ2v) is 12.3. The molecule has 0 aromatic carbocycles. The lowest BCUT2D eigenvalue weighted by atomic mass is 10.2. The zero-order valence-corrected chi connectivity index (χ0v) is 21.2. The van der Waals surface area contributed by atoms with Crippen molar-refractivity contribution in [3.05, 3.63) is 22.7 Å². The SMILES string of the molecule is NCCCCCCNP(=O)(O)OP(=O)(O)OP(=O)(O)OC[C@H]1O[C@@H](n2ccc(N)nc2=O)C[C@@H]1O. The van der Waals surface area contributed by atoms with Crippen molar-refractivity contribution in [1.82, 2.24) is 14.6 Å². The molecule has 0 radical (unpaired) electrons. The number of aliphatic hydroxyl groups excluding tert-OH is 1. The molecule has 1 aromatic heterocycles. The third-order valence-electron chi connectivity index (χ3n) is 4.63. The molecule has 17 nitrogen and oxygen atoms in total. The molecular formula is C15H30N5O12P3. The van der Waals surface area contributed by atoms with E-state index in [4.69, 9.17) is 16.2 Å². The first-order valence-corrected chi connectivity index (χ1v) is 15.0. The van der Waals surface area contributed by atoms with E-state index in [1.54, 1.807) is 0 Å². The molecule has 1 aliphatic heterocycles. The van der Waals surface area contributed by atoms with E-state index in [1.807, 2.05) is 5.09 Å². The summed E-state index contributed by atoms with van der Waals surface area (Å²) in [5.41, 5.74) is 10.0. The minimum atomic E-state index is -5.55. The quantitative estimate of drug-likeness (QED) is 0.108. The van der Waals surface area contributed by atoms with Gasteiger partial charge in [0.25, 0.3) is 0 Å². The molecular weight excluding hydrogens is 535 g/mol. The number of anilines is 1. The Bertz CT molecular complexity index is 1040. The van der Waals surface area contributed by atoms with Gasteiger partial charge >= 0.3 is 29.1 Å². The highest BCUT2D eigenvalue weighted by molar-refractivity contribution is 7.67. The summed E-state index contributed by atoms with van der Waals surface area (Å²) in [6, 6.07) is 1.33. The molecule has 0 bridgehead atoms. The predicted octanol–water partition coefficient (Wildman–Crippen LogP) is -0.0664. The van der Waals surface area contributed by atoms with Gasteiger partial charge in [-0.15, -0.1) is 0 Å². The molecule has 0 spiro atoms. The second-order valence-electron chi connectivity index (χ2n) is 7.50. The Hall–Kier alpha value is -1.03. The van der Waals surface area contributed by atoms with Gasteiger partial charge in [0.05, 0.1) is 12.7 Å². The lowest BCUT2D eigenvalue weighted by Crippen LogP contribution is -2.28. The summed E-state index contributed by atoms with van der Waals surface area (Å²) in [5.74, 6) is -0.0242. The number of unbranched alkanes of at least 4 members (excludes halogenated alkanes) is 3. The molecule has 1 fully saturated rings. The summed E-state index contributed by atoms with van der Waals surface area (Å²) >= 11 is 0. The third-order valence-corrected chi connectivity index (χ3v) is 9.09. The van der Waals surface area contributed by atoms with Gasteiger partial charge in [-0.05, 0) is 25.5 Å². The molecule has 0 aliphatic carbocycles. The number of hydrogen-bond donors (Lipinski definition) is 7. The van der Waals surface area contributed by atoms with Crippen LogP contribution in [-0.2, 0) is 31.6 Å². The highest BCUT2D eigenvalue weighted by Crippen LogP contribution is 2.66. The number of aromatic nitrogens is 2. The molecule has 20 heteroatoms. The summed E-state index contributed by atoms with van der Waals surface area (Å²) in [6.45, 7) is -0.341. The standard InChI is InChI=1S/C15H30N5O12P3/c16-6-3-1-2-4-7-18-33(23,24)31-35(27,28)32-34(25,26)29-10-12-11(21)9-14(30-12)20-8-5-13(17)19-15(20)22/h5,8,11-12,14,21H,1-4,6-7,9-10,16H2,(H,25,26)(H,27,28)(H2,17,19,22)(H2,18,23,24)/t11-,12+,14+/m0/s1. The second kappa shape index (κ2) is 13.0. The average Bonchev–Trinajstić information content (AvgIpc) is 3.07. The monoisotopic (exact) mass is 565 g/mol. The Morgan fingerprint density at radius 1 is 1.14 bits per heavy atom. The van der Waals surface area contributed by atoms with E-state index in [-0.39, 0.29) is 18.8 Å². The first-order valence-electron chi connectivity index (χ1n) is 10.4. The zero-order valence-electron chi connectivity index (χ0n) is 18.5. The van der Waals surface area contributed by atoms with E-state index >= 15 is 0 Å². The number of phosphoric acid groups is 2. The van der Waals surface area contributed by atoms with Crippen molar-refractivity contribution in [1.29, 1.82) is 0 Å². The molecule has 202 valence electrons. The van der Waals surface area contributed by atoms with Crippen LogP contribution in [0, 0.1) is 0 Å². The maximum atomic E-state index is 12.1. The van der Waals surface area contributed by atoms with Crippen LogP contribution in [0.5, 0.6) is 0 Å². The molecule has 0 amide bonds. The van der Waals surface area contributed by atoms with Crippen LogP contribution in [0.4, 0.5) is 5.82 Å². The summed E-state index contributed by atoms with van der Waals surface area (Å²) in [6.07, 6.45) is 0.369. The normalized spacial score (nSPS) is 25.6. The number of rotatable bonds is 15. The highest BCUT2D eigenvalue weighted by Gasteiger charge is 2.43. The molecule has 1 saturated heterocycles. The van der Waals surface area contributed by atoms with E-state index in [0.717, 1.165) is 17.4 Å². The molecule has 0 saturated carbocycles. The number of nitrogens with one attached hydrogen (secondary N) is 1. The van der Waals surface area contributed by atoms with Crippen molar-refractivity contribution in [2.24, 2.45) is 5.73 Å². The van der Waals surface area contributed by atoms with Gasteiger partial charge in [0, 0.05) is 19.2 Å². The first kappa shape index (κ1) is 30.2. The van der Waals surface area contributed by atoms with Crippen molar-refractivity contribution < 1.29 is 51.4 Å². The van der Waals surface area contributed by atoms with Gasteiger partial charge in [-0.3, -0.25) is 9.09 Å². The fourth-order valence-corrected chi connectivity index (χ4v) is 6.77. The van der Waals surface area contributed by atoms with E-state index in [0.29, 0.717) is 19.4 Å². The van der Waals surface area contributed by atoms with Crippen molar-refractivity contribution in [3.63, 3.8) is 0 Å². The maximum absolute atomic E-state index is 12.1. The van der Waals surface area contributed by atoms with Gasteiger partial charge in [0.15, 0.2) is 0 Å². The topological polar surface area (TPSA) is 268 Å². The summed E-state index contributed by atoms with van der Waals surface area (Å²) in [4.78, 5) is 44.4. The lowest BCUT2D eigenvalue weighted by molar-refractivity contribution is -0.0449. The number of nitrogen functional groups attached to an aromatic ring is 1. The average molecular weight is 565 g/mol. The van der Waals surface area contributed by atoms with E-state index in [1.165, 1.54) is 12.3 Å². The van der Waals surface area contributed by atoms with Gasteiger partial charge in [-0.25, -0.2) is 23.6 Å². The van der Waals surface area contributed by atoms with Crippen LogP contribution in [0.2, 0.25) is 0 Å². The van der Waals surface area contributed by atoms with Crippen LogP contribution in [0.3, 0.4) is 0 Å². The Morgan fingerprint density at radius 2 is 1.83 bits per heavy atom. The van der Waals surface area contributed by atoms with Crippen LogP contribution in [0.1, 0.15) is 38.3 Å². The van der Waals surface area contributed by atoms with Crippen molar-refractivity contribution >= 4 is 29.2 Å². The molecule has 35 heavy (non-hydrogen) atoms. The Labute approximate surface area is 200 Å². The molecule has 2 heterocycles. The molecule has 1 aliphatic rings. The van der Waals surface area contributed by atoms with Crippen LogP contribution in [0.25, 0.3) is 0 Å². The fourth-order valence-electron chi connectivity index (χ4n) is 3.03. The first-order chi connectivity index (χ1) is 16.2. The number of nitrogens with two attached hydrogens (primary N) is 2. The number of nitrogens with zero attached hydrogens (tertiary/aromatic N) is 2.